The van der Waals surface area contributed by atoms with Crippen LogP contribution in [0.25, 0.3) is 0 Å². The maximum atomic E-state index is 5.54. The molecule has 3 N–H and O–H groups in total. The predicted octanol–water partition coefficient (Wildman–Crippen LogP) is -1.39. The highest BCUT2D eigenvalue weighted by Crippen LogP contribution is 1.86. The van der Waals surface area contributed by atoms with Gasteiger partial charge in [0.15, 0.2) is 0 Å². The van der Waals surface area contributed by atoms with E-state index in [1.165, 1.54) is 0 Å². The summed E-state index contributed by atoms with van der Waals surface area (Å²) in [6, 6.07) is 0. The van der Waals surface area contributed by atoms with E-state index in [9.17, 15) is 0 Å². The molecule has 3 nitrogen and oxygen atoms in total. The minimum atomic E-state index is 0.111. The monoisotopic (exact) mass is 162 g/mol. The summed E-state index contributed by atoms with van der Waals surface area (Å²) in [5.74, 6) is 0. The Balaban J connectivity index is 3.16. The fraction of sp³-hybridized carbons (Fsp3) is 1.00. The number of hydrogen-bond donors (Lipinski definition) is 2. The lowest BCUT2D eigenvalue weighted by Crippen LogP contribution is -2.42. The van der Waals surface area contributed by atoms with Gasteiger partial charge in [-0.15, -0.1) is 0 Å². The Hall–Kier alpha value is 0.0969. The Kier molecular flexibility index (Phi) is 5.91. The van der Waals surface area contributed by atoms with Crippen LogP contribution in [0.3, 0.4) is 0 Å². The van der Waals surface area contributed by atoms with Gasteiger partial charge in [0.05, 0.1) is 6.17 Å². The van der Waals surface area contributed by atoms with E-state index in [2.05, 4.69) is 5.32 Å². The summed E-state index contributed by atoms with van der Waals surface area (Å²) >= 11 is 0. The molecular formula is C6H18N2OSi. The number of methoxy groups -OCH3 is 1. The molecule has 62 valence electrons. The Labute approximate surface area is 65.7 Å². The maximum absolute atomic E-state index is 5.54. The lowest BCUT2D eigenvalue weighted by atomic mass is 10.4. The van der Waals surface area contributed by atoms with Crippen LogP contribution in [0.15, 0.2) is 0 Å². The van der Waals surface area contributed by atoms with Crippen molar-refractivity contribution < 1.29 is 4.74 Å². The van der Waals surface area contributed by atoms with Gasteiger partial charge in [0, 0.05) is 24.0 Å². The Morgan fingerprint density at radius 2 is 2.30 bits per heavy atom. The molecule has 0 rings (SSSR count). The predicted molar refractivity (Wildman–Crippen MR) is 47.0 cm³/mol. The summed E-state index contributed by atoms with van der Waals surface area (Å²) in [4.78, 5) is 0. The van der Waals surface area contributed by atoms with Gasteiger partial charge in [-0.3, -0.25) is 0 Å². The second kappa shape index (κ2) is 5.85. The first-order chi connectivity index (χ1) is 4.66. The topological polar surface area (TPSA) is 47.3 Å². The number of nitrogens with one attached hydrogen (secondary N) is 1. The van der Waals surface area contributed by atoms with E-state index < -0.39 is 0 Å². The van der Waals surface area contributed by atoms with E-state index in [4.69, 9.17) is 10.5 Å². The molecule has 0 aliphatic carbocycles. The van der Waals surface area contributed by atoms with Crippen LogP contribution in [0.2, 0.25) is 0 Å². The minimum absolute atomic E-state index is 0.111. The molecule has 0 saturated heterocycles. The number of hydrogen-bond acceptors (Lipinski definition) is 3. The third kappa shape index (κ3) is 6.22. The van der Waals surface area contributed by atoms with Crippen LogP contribution in [-0.2, 0) is 4.74 Å². The van der Waals surface area contributed by atoms with Crippen LogP contribution in [0.5, 0.6) is 0 Å². The van der Waals surface area contributed by atoms with Crippen LogP contribution in [0.4, 0.5) is 0 Å². The number of nitrogens with two attached hydrogens (primary N) is 1. The second-order valence-corrected chi connectivity index (χ2v) is 4.03. The lowest BCUT2D eigenvalue weighted by Gasteiger charge is -2.15. The molecule has 0 saturated carbocycles. The molecule has 0 radical (unpaired) electrons. The van der Waals surface area contributed by atoms with Crippen LogP contribution < -0.4 is 11.1 Å². The summed E-state index contributed by atoms with van der Waals surface area (Å²) in [7, 11) is 2.85. The van der Waals surface area contributed by atoms with Gasteiger partial charge in [-0.05, 0) is 19.0 Å². The molecule has 0 fully saturated rings. The van der Waals surface area contributed by atoms with E-state index in [0.29, 0.717) is 5.67 Å². The van der Waals surface area contributed by atoms with Crippen molar-refractivity contribution in [3.63, 3.8) is 0 Å². The first kappa shape index (κ1) is 10.1. The first-order valence-electron chi connectivity index (χ1n) is 3.67. The molecule has 0 spiro atoms. The molecular weight excluding hydrogens is 144 g/mol. The fourth-order valence-electron chi connectivity index (χ4n) is 0.827. The highest BCUT2D eigenvalue weighted by Gasteiger charge is 2.01. The highest BCUT2D eigenvalue weighted by atomic mass is 28.1. The standard InChI is InChI=1S/C6H18N2OSi/c1-5(7)8-6(10)3-4-9-2/h5-6,8H,3-4,7H2,1-2,10H3. The van der Waals surface area contributed by atoms with Gasteiger partial charge < -0.3 is 15.8 Å². The van der Waals surface area contributed by atoms with Crippen molar-refractivity contribution >= 4 is 10.2 Å². The van der Waals surface area contributed by atoms with Crippen molar-refractivity contribution in [2.24, 2.45) is 5.73 Å². The van der Waals surface area contributed by atoms with Crippen LogP contribution in [-0.4, -0.2) is 35.8 Å². The van der Waals surface area contributed by atoms with E-state index >= 15 is 0 Å². The zero-order chi connectivity index (χ0) is 7.98. The lowest BCUT2D eigenvalue weighted by molar-refractivity contribution is 0.190. The van der Waals surface area contributed by atoms with Crippen molar-refractivity contribution in [1.82, 2.24) is 5.32 Å². The molecule has 0 aliphatic rings. The number of rotatable bonds is 5. The van der Waals surface area contributed by atoms with E-state index in [0.717, 1.165) is 23.3 Å². The van der Waals surface area contributed by atoms with Crippen molar-refractivity contribution in [3.8, 4) is 0 Å². The van der Waals surface area contributed by atoms with E-state index in [1.807, 2.05) is 6.92 Å². The van der Waals surface area contributed by atoms with Gasteiger partial charge >= 0.3 is 0 Å². The third-order valence-electron chi connectivity index (χ3n) is 1.30. The smallest absolute Gasteiger partial charge is 0.0516 e. The van der Waals surface area contributed by atoms with Crippen LogP contribution >= 0.6 is 0 Å². The van der Waals surface area contributed by atoms with Crippen molar-refractivity contribution in [2.75, 3.05) is 13.7 Å². The quantitative estimate of drug-likeness (QED) is 0.386. The summed E-state index contributed by atoms with van der Waals surface area (Å²) in [5.41, 5.74) is 6.12. The average Bonchev–Trinajstić information content (AvgIpc) is 1.82. The zero-order valence-corrected chi connectivity index (χ0v) is 9.05. The van der Waals surface area contributed by atoms with Crippen LogP contribution in [0, 0.1) is 0 Å². The van der Waals surface area contributed by atoms with Gasteiger partial charge in [0.1, 0.15) is 0 Å². The van der Waals surface area contributed by atoms with Crippen molar-refractivity contribution in [1.29, 1.82) is 0 Å². The van der Waals surface area contributed by atoms with Gasteiger partial charge in [-0.1, -0.05) is 0 Å². The molecule has 4 heteroatoms. The summed E-state index contributed by atoms with van der Waals surface area (Å²) in [6.07, 6.45) is 1.18. The second-order valence-electron chi connectivity index (χ2n) is 2.64. The largest absolute Gasteiger partial charge is 0.385 e. The zero-order valence-electron chi connectivity index (χ0n) is 7.05. The molecule has 0 aromatic heterocycles. The van der Waals surface area contributed by atoms with Gasteiger partial charge in [-0.2, -0.15) is 0 Å². The normalized spacial score (nSPS) is 17.1. The molecule has 0 heterocycles. The van der Waals surface area contributed by atoms with Gasteiger partial charge in [0.25, 0.3) is 0 Å². The molecule has 2 unspecified atom stereocenters. The van der Waals surface area contributed by atoms with Crippen molar-refractivity contribution in [3.05, 3.63) is 0 Å². The van der Waals surface area contributed by atoms with Crippen molar-refractivity contribution in [2.45, 2.75) is 25.2 Å². The van der Waals surface area contributed by atoms with Gasteiger partial charge in [0.2, 0.25) is 0 Å². The maximum Gasteiger partial charge on any atom is 0.0516 e. The Bertz CT molecular complexity index is 80.1. The molecule has 10 heavy (non-hydrogen) atoms. The van der Waals surface area contributed by atoms with E-state index in [-0.39, 0.29) is 6.17 Å². The van der Waals surface area contributed by atoms with E-state index in [1.54, 1.807) is 7.11 Å². The molecule has 0 bridgehead atoms. The molecule has 0 aromatic carbocycles. The van der Waals surface area contributed by atoms with Crippen LogP contribution in [0.1, 0.15) is 13.3 Å². The third-order valence-corrected chi connectivity index (χ3v) is 2.21. The summed E-state index contributed by atoms with van der Waals surface area (Å²) in [5, 5.41) is 3.24. The first-order valence-corrected chi connectivity index (χ1v) is 4.83. The minimum Gasteiger partial charge on any atom is -0.385 e. The summed E-state index contributed by atoms with van der Waals surface area (Å²) < 4.78 is 4.94. The Morgan fingerprint density at radius 1 is 1.70 bits per heavy atom. The molecule has 0 amide bonds. The molecule has 0 aromatic rings. The SMILES string of the molecule is COCCC([SiH3])NC(C)N. The highest BCUT2D eigenvalue weighted by molar-refractivity contribution is 6.11. The Morgan fingerprint density at radius 3 is 2.70 bits per heavy atom. The van der Waals surface area contributed by atoms with Gasteiger partial charge in [-0.25, -0.2) is 0 Å². The number of ether oxygens (including phenoxy) is 1. The molecule has 0 aliphatic heterocycles. The fourth-order valence-corrected chi connectivity index (χ4v) is 1.59. The molecule has 2 atom stereocenters. The summed E-state index contributed by atoms with van der Waals surface area (Å²) in [6.45, 7) is 2.78. The average molecular weight is 162 g/mol.